The molecule has 182 valence electrons. The van der Waals surface area contributed by atoms with E-state index in [-0.39, 0.29) is 5.91 Å². The van der Waals surface area contributed by atoms with E-state index in [0.29, 0.717) is 25.1 Å². The lowest BCUT2D eigenvalue weighted by Crippen LogP contribution is -2.33. The Kier molecular flexibility index (Phi) is 7.81. The van der Waals surface area contributed by atoms with Crippen LogP contribution in [0.2, 0.25) is 0 Å². The summed E-state index contributed by atoms with van der Waals surface area (Å²) in [5.41, 5.74) is 4.65. The minimum atomic E-state index is -0.524. The molecular weight excluding hydrogens is 456 g/mol. The fourth-order valence-corrected chi connectivity index (χ4v) is 4.97. The minimum Gasteiger partial charge on any atom is -0.444 e. The molecule has 4 rings (SSSR count). The monoisotopic (exact) mass is 488 g/mol. The van der Waals surface area contributed by atoms with E-state index in [9.17, 15) is 9.59 Å². The smallest absolute Gasteiger partial charge is 0.407 e. The molecule has 0 saturated carbocycles. The molecule has 0 spiro atoms. The third-order valence-electron chi connectivity index (χ3n) is 5.70. The van der Waals surface area contributed by atoms with Crippen LogP contribution in [0.3, 0.4) is 0 Å². The van der Waals surface area contributed by atoms with Gasteiger partial charge in [-0.25, -0.2) is 4.79 Å². The quantitative estimate of drug-likeness (QED) is 0.400. The molecule has 2 amide bonds. The van der Waals surface area contributed by atoms with E-state index < -0.39 is 11.7 Å². The van der Waals surface area contributed by atoms with Crippen molar-refractivity contribution in [2.75, 3.05) is 18.0 Å². The van der Waals surface area contributed by atoms with E-state index in [2.05, 4.69) is 47.8 Å². The first-order valence-electron chi connectivity index (χ1n) is 12.0. The highest BCUT2D eigenvalue weighted by Crippen LogP contribution is 2.34. The van der Waals surface area contributed by atoms with Gasteiger partial charge in [-0.2, -0.15) is 0 Å². The number of alkyl carbamates (subject to hydrolysis) is 1. The van der Waals surface area contributed by atoms with Gasteiger partial charge in [0.1, 0.15) is 5.60 Å². The van der Waals surface area contributed by atoms with E-state index >= 15 is 0 Å². The molecule has 1 N–H and O–H groups in total. The highest BCUT2D eigenvalue weighted by Gasteiger charge is 2.26. The van der Waals surface area contributed by atoms with E-state index in [1.807, 2.05) is 67.8 Å². The highest BCUT2D eigenvalue weighted by molar-refractivity contribution is 7.98. The lowest BCUT2D eigenvalue weighted by Gasteiger charge is -2.20. The number of carbonyl (C=O) groups excluding carboxylic acids is 2. The van der Waals surface area contributed by atoms with Gasteiger partial charge in [-0.15, -0.1) is 11.8 Å². The summed E-state index contributed by atoms with van der Waals surface area (Å²) < 4.78 is 5.27. The Hall–Kier alpha value is -3.25. The van der Waals surface area contributed by atoms with Crippen molar-refractivity contribution in [3.8, 4) is 0 Å². The van der Waals surface area contributed by atoms with E-state index in [0.717, 1.165) is 23.4 Å². The van der Waals surface area contributed by atoms with Gasteiger partial charge in [-0.1, -0.05) is 42.5 Å². The Bertz CT molecular complexity index is 1190. The summed E-state index contributed by atoms with van der Waals surface area (Å²) in [5.74, 6) is 0.938. The molecule has 0 saturated heterocycles. The second kappa shape index (κ2) is 11.0. The zero-order chi connectivity index (χ0) is 24.8. The molecule has 0 radical (unpaired) electrons. The summed E-state index contributed by atoms with van der Waals surface area (Å²) >= 11 is 1.82. The summed E-state index contributed by atoms with van der Waals surface area (Å²) in [6, 6.07) is 24.5. The van der Waals surface area contributed by atoms with Crippen LogP contribution in [0.1, 0.15) is 47.8 Å². The Labute approximate surface area is 211 Å². The van der Waals surface area contributed by atoms with Crippen LogP contribution in [-0.4, -0.2) is 30.7 Å². The second-order valence-electron chi connectivity index (χ2n) is 9.65. The minimum absolute atomic E-state index is 0.00962. The molecule has 0 bridgehead atoms. The molecule has 1 aliphatic rings. The van der Waals surface area contributed by atoms with Crippen LogP contribution >= 0.6 is 11.8 Å². The average molecular weight is 489 g/mol. The van der Waals surface area contributed by atoms with Crippen molar-refractivity contribution in [3.63, 3.8) is 0 Å². The molecular formula is C29H32N2O3S. The molecule has 0 aromatic heterocycles. The number of nitrogens with zero attached hydrogens (tertiary/aromatic N) is 1. The maximum atomic E-state index is 13.3. The van der Waals surface area contributed by atoms with E-state index in [1.54, 1.807) is 0 Å². The number of rotatable bonds is 7. The summed E-state index contributed by atoms with van der Waals surface area (Å²) in [6.07, 6.45) is 1.05. The van der Waals surface area contributed by atoms with Crippen molar-refractivity contribution in [1.29, 1.82) is 0 Å². The van der Waals surface area contributed by atoms with Crippen LogP contribution < -0.4 is 10.2 Å². The van der Waals surface area contributed by atoms with E-state index in [1.165, 1.54) is 16.0 Å². The number of hydrogen-bond donors (Lipinski definition) is 1. The van der Waals surface area contributed by atoms with Gasteiger partial charge in [0.25, 0.3) is 5.91 Å². The normalized spacial score (nSPS) is 12.8. The molecule has 1 heterocycles. The molecule has 0 fully saturated rings. The van der Waals surface area contributed by atoms with Gasteiger partial charge in [-0.05, 0) is 80.6 Å². The number of nitrogens with one attached hydrogen (secondary N) is 1. The van der Waals surface area contributed by atoms with Crippen LogP contribution in [0.15, 0.2) is 77.7 Å². The Morgan fingerprint density at radius 3 is 2.51 bits per heavy atom. The Balaban J connectivity index is 1.36. The first kappa shape index (κ1) is 24.9. The summed E-state index contributed by atoms with van der Waals surface area (Å²) in [6.45, 7) is 6.64. The number of anilines is 1. The maximum Gasteiger partial charge on any atom is 0.407 e. The SMILES string of the molecule is CC(C)(C)OC(=O)NCCc1cccc(C(=O)N2CCc3cc(SCc4ccccc4)ccc32)c1. The van der Waals surface area contributed by atoms with Crippen LogP contribution in [0.25, 0.3) is 0 Å². The summed E-state index contributed by atoms with van der Waals surface area (Å²) in [4.78, 5) is 28.3. The largest absolute Gasteiger partial charge is 0.444 e. The van der Waals surface area contributed by atoms with Crippen molar-refractivity contribution in [3.05, 3.63) is 95.1 Å². The number of carbonyl (C=O) groups is 2. The topological polar surface area (TPSA) is 58.6 Å². The fraction of sp³-hybridized carbons (Fsp3) is 0.310. The number of benzene rings is 3. The summed E-state index contributed by atoms with van der Waals surface area (Å²) in [7, 11) is 0. The lowest BCUT2D eigenvalue weighted by atomic mass is 10.1. The zero-order valence-electron chi connectivity index (χ0n) is 20.5. The Morgan fingerprint density at radius 2 is 1.74 bits per heavy atom. The predicted octanol–water partition coefficient (Wildman–Crippen LogP) is 6.25. The number of amides is 2. The second-order valence-corrected chi connectivity index (χ2v) is 10.7. The van der Waals surface area contributed by atoms with Crippen LogP contribution in [0.5, 0.6) is 0 Å². The van der Waals surface area contributed by atoms with Crippen LogP contribution in [-0.2, 0) is 23.3 Å². The molecule has 5 nitrogen and oxygen atoms in total. The maximum absolute atomic E-state index is 13.3. The molecule has 1 aliphatic heterocycles. The van der Waals surface area contributed by atoms with Crippen molar-refractivity contribution >= 4 is 29.4 Å². The van der Waals surface area contributed by atoms with Crippen molar-refractivity contribution in [1.82, 2.24) is 5.32 Å². The van der Waals surface area contributed by atoms with Crippen LogP contribution in [0.4, 0.5) is 10.5 Å². The van der Waals surface area contributed by atoms with Crippen molar-refractivity contribution < 1.29 is 14.3 Å². The average Bonchev–Trinajstić information content (AvgIpc) is 3.25. The number of thioether (sulfide) groups is 1. The third-order valence-corrected chi connectivity index (χ3v) is 6.76. The highest BCUT2D eigenvalue weighted by atomic mass is 32.2. The fourth-order valence-electron chi connectivity index (χ4n) is 4.06. The van der Waals surface area contributed by atoms with Crippen molar-refractivity contribution in [2.24, 2.45) is 0 Å². The summed E-state index contributed by atoms with van der Waals surface area (Å²) in [5, 5.41) is 2.77. The van der Waals surface area contributed by atoms with Crippen molar-refractivity contribution in [2.45, 2.75) is 49.9 Å². The first-order chi connectivity index (χ1) is 16.8. The van der Waals surface area contributed by atoms with Gasteiger partial charge in [0.2, 0.25) is 0 Å². The molecule has 0 unspecified atom stereocenters. The third kappa shape index (κ3) is 6.89. The molecule has 35 heavy (non-hydrogen) atoms. The molecule has 0 aliphatic carbocycles. The van der Waals surface area contributed by atoms with Gasteiger partial charge in [0.05, 0.1) is 0 Å². The zero-order valence-corrected chi connectivity index (χ0v) is 21.4. The predicted molar refractivity (Wildman–Crippen MR) is 142 cm³/mol. The van der Waals surface area contributed by atoms with Gasteiger partial charge >= 0.3 is 6.09 Å². The first-order valence-corrected chi connectivity index (χ1v) is 12.9. The number of fused-ring (bicyclic) bond motifs is 1. The van der Waals surface area contributed by atoms with Gasteiger partial charge in [-0.3, -0.25) is 4.79 Å². The standard InChI is InChI=1S/C29H32N2O3S/c1-29(2,3)34-28(33)30-16-14-21-10-7-11-24(18-21)27(32)31-17-15-23-19-25(12-13-26(23)31)35-20-22-8-5-4-6-9-22/h4-13,18-19H,14-17,20H2,1-3H3,(H,30,33). The Morgan fingerprint density at radius 1 is 0.971 bits per heavy atom. The molecule has 6 heteroatoms. The number of ether oxygens (including phenoxy) is 1. The molecule has 3 aromatic rings. The molecule has 3 aromatic carbocycles. The van der Waals surface area contributed by atoms with Gasteiger partial charge in [0.15, 0.2) is 0 Å². The van der Waals surface area contributed by atoms with Gasteiger partial charge < -0.3 is 15.0 Å². The molecule has 0 atom stereocenters. The number of hydrogen-bond acceptors (Lipinski definition) is 4. The van der Waals surface area contributed by atoms with Gasteiger partial charge in [0, 0.05) is 35.0 Å². The van der Waals surface area contributed by atoms with E-state index in [4.69, 9.17) is 4.74 Å². The van der Waals surface area contributed by atoms with Crippen LogP contribution in [0, 0.1) is 0 Å². The lowest BCUT2D eigenvalue weighted by molar-refractivity contribution is 0.0528.